The lowest BCUT2D eigenvalue weighted by molar-refractivity contribution is 1.01. The summed E-state index contributed by atoms with van der Waals surface area (Å²) in [6.45, 7) is 0.733. The summed E-state index contributed by atoms with van der Waals surface area (Å²) in [5.74, 6) is 1.15. The second kappa shape index (κ2) is 4.59. The van der Waals surface area contributed by atoms with Crippen molar-refractivity contribution in [1.82, 2.24) is 10.2 Å². The largest absolute Gasteiger partial charge is 0.382 e. The zero-order valence-corrected chi connectivity index (χ0v) is 10.2. The van der Waals surface area contributed by atoms with Crippen LogP contribution in [-0.4, -0.2) is 10.2 Å². The van der Waals surface area contributed by atoms with Gasteiger partial charge in [-0.25, -0.2) is 0 Å². The number of nitrogens with two attached hydrogens (primary N) is 1. The summed E-state index contributed by atoms with van der Waals surface area (Å²) in [6, 6.07) is 5.55. The molecule has 15 heavy (non-hydrogen) atoms. The molecular weight excluding hydrogens is 276 g/mol. The maximum Gasteiger partial charge on any atom is 0.149 e. The Hall–Kier alpha value is -1.14. The van der Waals surface area contributed by atoms with Crippen molar-refractivity contribution in [2.24, 2.45) is 0 Å². The topological polar surface area (TPSA) is 63.8 Å². The Balaban J connectivity index is 1.99. The lowest BCUT2D eigenvalue weighted by Crippen LogP contribution is -2.02. The van der Waals surface area contributed by atoms with Crippen LogP contribution in [-0.2, 0) is 6.54 Å². The minimum atomic E-state index is 0.429. The van der Waals surface area contributed by atoms with Gasteiger partial charge in [-0.1, -0.05) is 0 Å². The quantitative estimate of drug-likeness (QED) is 0.909. The first-order chi connectivity index (χ1) is 7.25. The van der Waals surface area contributed by atoms with Crippen LogP contribution < -0.4 is 11.1 Å². The molecule has 0 amide bonds. The second-order valence-corrected chi connectivity index (χ2v) is 4.74. The van der Waals surface area contributed by atoms with Gasteiger partial charge in [-0.3, -0.25) is 0 Å². The van der Waals surface area contributed by atoms with Crippen LogP contribution in [0.15, 0.2) is 28.1 Å². The van der Waals surface area contributed by atoms with E-state index in [1.54, 1.807) is 17.4 Å². The number of nitrogens with zero attached hydrogens (tertiary/aromatic N) is 2. The Kier molecular flexibility index (Phi) is 3.17. The molecule has 2 aromatic heterocycles. The van der Waals surface area contributed by atoms with E-state index in [-0.39, 0.29) is 0 Å². The minimum absolute atomic E-state index is 0.429. The standard InChI is InChI=1S/C9H9BrN4S/c10-6-3-4-15-7(6)5-12-9-2-1-8(11)13-14-9/h1-4H,5H2,(H2,11,13)(H,12,14). The molecule has 0 radical (unpaired) electrons. The van der Waals surface area contributed by atoms with Crippen molar-refractivity contribution in [1.29, 1.82) is 0 Å². The van der Waals surface area contributed by atoms with Crippen LogP contribution in [0.5, 0.6) is 0 Å². The summed E-state index contributed by atoms with van der Waals surface area (Å²) in [7, 11) is 0. The van der Waals surface area contributed by atoms with Gasteiger partial charge in [0, 0.05) is 9.35 Å². The monoisotopic (exact) mass is 284 g/mol. The zero-order chi connectivity index (χ0) is 10.7. The van der Waals surface area contributed by atoms with E-state index in [0.717, 1.165) is 16.8 Å². The molecule has 0 saturated heterocycles. The van der Waals surface area contributed by atoms with Gasteiger partial charge in [0.2, 0.25) is 0 Å². The highest BCUT2D eigenvalue weighted by molar-refractivity contribution is 9.10. The summed E-state index contributed by atoms with van der Waals surface area (Å²) < 4.78 is 1.11. The van der Waals surface area contributed by atoms with Gasteiger partial charge in [0.1, 0.15) is 11.6 Å². The number of hydrogen-bond acceptors (Lipinski definition) is 5. The van der Waals surface area contributed by atoms with E-state index < -0.39 is 0 Å². The number of anilines is 2. The third-order valence-electron chi connectivity index (χ3n) is 1.81. The normalized spacial score (nSPS) is 10.2. The third kappa shape index (κ3) is 2.66. The van der Waals surface area contributed by atoms with Crippen molar-refractivity contribution in [3.05, 3.63) is 32.9 Å². The molecule has 78 valence electrons. The molecule has 0 fully saturated rings. The Labute approximate surface area is 99.7 Å². The molecule has 0 spiro atoms. The van der Waals surface area contributed by atoms with Crippen LogP contribution in [0.2, 0.25) is 0 Å². The van der Waals surface area contributed by atoms with Crippen LogP contribution in [0.25, 0.3) is 0 Å². The van der Waals surface area contributed by atoms with E-state index in [1.165, 1.54) is 4.88 Å². The fourth-order valence-electron chi connectivity index (χ4n) is 1.06. The Bertz CT molecular complexity index is 440. The van der Waals surface area contributed by atoms with E-state index in [1.807, 2.05) is 17.5 Å². The van der Waals surface area contributed by atoms with E-state index >= 15 is 0 Å². The summed E-state index contributed by atoms with van der Waals surface area (Å²) >= 11 is 5.16. The van der Waals surface area contributed by atoms with E-state index in [2.05, 4.69) is 31.4 Å². The third-order valence-corrected chi connectivity index (χ3v) is 3.73. The molecule has 2 aromatic rings. The molecule has 0 atom stereocenters. The van der Waals surface area contributed by atoms with E-state index in [9.17, 15) is 0 Å². The lowest BCUT2D eigenvalue weighted by atomic mass is 10.4. The molecule has 2 heterocycles. The van der Waals surface area contributed by atoms with Gasteiger partial charge in [0.05, 0.1) is 6.54 Å². The van der Waals surface area contributed by atoms with Gasteiger partial charge in [-0.05, 0) is 39.5 Å². The first kappa shape index (κ1) is 10.4. The number of thiophene rings is 1. The molecule has 3 N–H and O–H groups in total. The average Bonchev–Trinajstić information content (AvgIpc) is 2.63. The van der Waals surface area contributed by atoms with Crippen molar-refractivity contribution >= 4 is 38.9 Å². The van der Waals surface area contributed by atoms with E-state index in [0.29, 0.717) is 5.82 Å². The van der Waals surface area contributed by atoms with Crippen molar-refractivity contribution in [2.45, 2.75) is 6.54 Å². The second-order valence-electron chi connectivity index (χ2n) is 2.89. The van der Waals surface area contributed by atoms with E-state index in [4.69, 9.17) is 5.73 Å². The van der Waals surface area contributed by atoms with Crippen LogP contribution in [0, 0.1) is 0 Å². The number of aromatic nitrogens is 2. The Morgan fingerprint density at radius 1 is 1.33 bits per heavy atom. The van der Waals surface area contributed by atoms with Gasteiger partial charge < -0.3 is 11.1 Å². The van der Waals surface area contributed by atoms with Crippen molar-refractivity contribution in [2.75, 3.05) is 11.1 Å². The fraction of sp³-hybridized carbons (Fsp3) is 0.111. The molecule has 0 saturated carbocycles. The van der Waals surface area contributed by atoms with Crippen molar-refractivity contribution in [3.8, 4) is 0 Å². The number of hydrogen-bond donors (Lipinski definition) is 2. The molecule has 0 unspecified atom stereocenters. The van der Waals surface area contributed by atoms with Crippen molar-refractivity contribution < 1.29 is 0 Å². The fourth-order valence-corrected chi connectivity index (χ4v) is 2.49. The Morgan fingerprint density at radius 3 is 2.80 bits per heavy atom. The summed E-state index contributed by atoms with van der Waals surface area (Å²) in [4.78, 5) is 1.23. The molecule has 0 aliphatic heterocycles. The van der Waals surface area contributed by atoms with Crippen LogP contribution in [0.3, 0.4) is 0 Å². The number of rotatable bonds is 3. The Morgan fingerprint density at radius 2 is 2.20 bits per heavy atom. The van der Waals surface area contributed by atoms with Gasteiger partial charge >= 0.3 is 0 Å². The number of halogens is 1. The first-order valence-corrected chi connectivity index (χ1v) is 5.98. The maximum absolute atomic E-state index is 5.43. The van der Waals surface area contributed by atoms with Gasteiger partial charge in [-0.2, -0.15) is 0 Å². The molecule has 0 aliphatic rings. The number of nitrogen functional groups attached to an aromatic ring is 1. The summed E-state index contributed by atoms with van der Waals surface area (Å²) in [6.07, 6.45) is 0. The highest BCUT2D eigenvalue weighted by Crippen LogP contribution is 2.23. The molecule has 0 aromatic carbocycles. The smallest absolute Gasteiger partial charge is 0.149 e. The SMILES string of the molecule is Nc1ccc(NCc2sccc2Br)nn1. The molecule has 4 nitrogen and oxygen atoms in total. The van der Waals surface area contributed by atoms with Crippen LogP contribution in [0.4, 0.5) is 11.6 Å². The van der Waals surface area contributed by atoms with Crippen LogP contribution >= 0.6 is 27.3 Å². The molecule has 2 rings (SSSR count). The zero-order valence-electron chi connectivity index (χ0n) is 7.77. The highest BCUT2D eigenvalue weighted by Gasteiger charge is 2.01. The highest BCUT2D eigenvalue weighted by atomic mass is 79.9. The predicted molar refractivity (Wildman–Crippen MR) is 65.8 cm³/mol. The van der Waals surface area contributed by atoms with Crippen LogP contribution in [0.1, 0.15) is 4.88 Å². The summed E-state index contributed by atoms with van der Waals surface area (Å²) in [5, 5.41) is 12.9. The minimum Gasteiger partial charge on any atom is -0.382 e. The van der Waals surface area contributed by atoms with Gasteiger partial charge in [0.25, 0.3) is 0 Å². The van der Waals surface area contributed by atoms with Crippen molar-refractivity contribution in [3.63, 3.8) is 0 Å². The maximum atomic E-state index is 5.43. The molecule has 0 aliphatic carbocycles. The van der Waals surface area contributed by atoms with Gasteiger partial charge in [0.15, 0.2) is 0 Å². The molecule has 6 heteroatoms. The first-order valence-electron chi connectivity index (χ1n) is 4.30. The summed E-state index contributed by atoms with van der Waals surface area (Å²) in [5.41, 5.74) is 5.43. The van der Waals surface area contributed by atoms with Gasteiger partial charge in [-0.15, -0.1) is 21.5 Å². The lowest BCUT2D eigenvalue weighted by Gasteiger charge is -2.03. The molecule has 0 bridgehead atoms. The predicted octanol–water partition coefficient (Wildman–Crippen LogP) is 2.49. The average molecular weight is 285 g/mol. The molecular formula is C9H9BrN4S. The number of nitrogens with one attached hydrogen (secondary N) is 1.